The number of carbonyl (C=O) groups excluding carboxylic acids is 1. The van der Waals surface area contributed by atoms with Gasteiger partial charge in [0.05, 0.1) is 17.1 Å². The molecule has 0 spiro atoms. The molecule has 2 aromatic carbocycles. The van der Waals surface area contributed by atoms with E-state index in [2.05, 4.69) is 49.3 Å². The van der Waals surface area contributed by atoms with Crippen LogP contribution >= 0.6 is 0 Å². The summed E-state index contributed by atoms with van der Waals surface area (Å²) in [6, 6.07) is 11.8. The zero-order valence-corrected chi connectivity index (χ0v) is 18.1. The van der Waals surface area contributed by atoms with E-state index < -0.39 is 0 Å². The standard InChI is InChI=1S/C25H26N6O2/c32-23-14-18(2-5-22(23)30-10-7-26-8-11-30)29-20-4-6-21(31-12-9-27-24(20)31)16-1-3-19-17(13-16)15-28-25(19)33/h1-6,9,12-14,24,26-27,29,32H,7-8,10-11,15H2,(H,28,33). The molecule has 6 rings (SSSR count). The summed E-state index contributed by atoms with van der Waals surface area (Å²) in [4.78, 5) is 16.3. The van der Waals surface area contributed by atoms with Gasteiger partial charge in [-0.25, -0.2) is 0 Å². The van der Waals surface area contributed by atoms with E-state index in [0.29, 0.717) is 6.54 Å². The lowest BCUT2D eigenvalue weighted by atomic mass is 10.0. The third-order valence-corrected chi connectivity index (χ3v) is 6.57. The second-order valence-corrected chi connectivity index (χ2v) is 8.59. The van der Waals surface area contributed by atoms with Crippen molar-refractivity contribution in [2.24, 2.45) is 0 Å². The van der Waals surface area contributed by atoms with Gasteiger partial charge in [-0.3, -0.25) is 4.79 Å². The second kappa shape index (κ2) is 7.90. The highest BCUT2D eigenvalue weighted by Gasteiger charge is 2.30. The quantitative estimate of drug-likeness (QED) is 0.495. The molecular weight excluding hydrogens is 416 g/mol. The molecule has 0 saturated carbocycles. The molecule has 0 bridgehead atoms. The normalized spacial score (nSPS) is 21.1. The summed E-state index contributed by atoms with van der Waals surface area (Å²) in [6.45, 7) is 4.20. The van der Waals surface area contributed by atoms with Gasteiger partial charge in [-0.15, -0.1) is 0 Å². The number of piperazine rings is 1. The lowest BCUT2D eigenvalue weighted by Gasteiger charge is -2.33. The number of amides is 1. The molecule has 8 nitrogen and oxygen atoms in total. The van der Waals surface area contributed by atoms with Gasteiger partial charge in [-0.05, 0) is 47.5 Å². The van der Waals surface area contributed by atoms with E-state index in [1.54, 1.807) is 6.07 Å². The summed E-state index contributed by atoms with van der Waals surface area (Å²) in [7, 11) is 0. The highest BCUT2D eigenvalue weighted by atomic mass is 16.3. The van der Waals surface area contributed by atoms with Crippen LogP contribution in [0.1, 0.15) is 21.5 Å². The first-order valence-electron chi connectivity index (χ1n) is 11.3. The van der Waals surface area contributed by atoms with E-state index in [1.807, 2.05) is 36.7 Å². The van der Waals surface area contributed by atoms with Crippen molar-refractivity contribution in [1.82, 2.24) is 20.9 Å². The Morgan fingerprint density at radius 3 is 2.79 bits per heavy atom. The lowest BCUT2D eigenvalue weighted by Crippen LogP contribution is -2.43. The van der Waals surface area contributed by atoms with E-state index in [-0.39, 0.29) is 17.8 Å². The summed E-state index contributed by atoms with van der Waals surface area (Å²) in [5.74, 6) is 0.276. The van der Waals surface area contributed by atoms with E-state index >= 15 is 0 Å². The number of hydrogen-bond acceptors (Lipinski definition) is 7. The van der Waals surface area contributed by atoms with Crippen molar-refractivity contribution in [1.29, 1.82) is 0 Å². The molecule has 4 heterocycles. The fourth-order valence-corrected chi connectivity index (χ4v) is 4.87. The average Bonchev–Trinajstić information content (AvgIpc) is 3.47. The number of aromatic hydroxyl groups is 1. The van der Waals surface area contributed by atoms with Crippen molar-refractivity contribution in [2.45, 2.75) is 12.7 Å². The Morgan fingerprint density at radius 2 is 1.94 bits per heavy atom. The van der Waals surface area contributed by atoms with Crippen LogP contribution in [0.5, 0.6) is 5.75 Å². The molecule has 4 aliphatic heterocycles. The van der Waals surface area contributed by atoms with Crippen LogP contribution < -0.4 is 26.2 Å². The third-order valence-electron chi connectivity index (χ3n) is 6.57. The summed E-state index contributed by atoms with van der Waals surface area (Å²) in [5, 5.41) is 23.7. The molecule has 1 atom stereocenters. The Labute approximate surface area is 192 Å². The van der Waals surface area contributed by atoms with E-state index in [1.165, 1.54) is 0 Å². The van der Waals surface area contributed by atoms with Crippen LogP contribution in [-0.2, 0) is 6.54 Å². The first-order chi connectivity index (χ1) is 16.2. The minimum atomic E-state index is -0.0759. The first kappa shape index (κ1) is 19.8. The minimum absolute atomic E-state index is 0.00704. The average molecular weight is 443 g/mol. The predicted octanol–water partition coefficient (Wildman–Crippen LogP) is 2.10. The van der Waals surface area contributed by atoms with Crippen molar-refractivity contribution in [3.63, 3.8) is 0 Å². The highest BCUT2D eigenvalue weighted by Crippen LogP contribution is 2.35. The third kappa shape index (κ3) is 3.48. The number of carbonyl (C=O) groups is 1. The van der Waals surface area contributed by atoms with Gasteiger partial charge in [0.2, 0.25) is 0 Å². The maximum atomic E-state index is 11.9. The van der Waals surface area contributed by atoms with Crippen molar-refractivity contribution in [3.05, 3.63) is 83.3 Å². The Morgan fingerprint density at radius 1 is 1.06 bits per heavy atom. The summed E-state index contributed by atoms with van der Waals surface area (Å²) in [5.41, 5.74) is 6.60. The number of hydrogen-bond donors (Lipinski definition) is 5. The summed E-state index contributed by atoms with van der Waals surface area (Å²) < 4.78 is 0. The second-order valence-electron chi connectivity index (χ2n) is 8.59. The van der Waals surface area contributed by atoms with Gasteiger partial charge < -0.3 is 36.2 Å². The van der Waals surface area contributed by atoms with Crippen molar-refractivity contribution in [3.8, 4) is 5.75 Å². The largest absolute Gasteiger partial charge is 0.506 e. The number of nitrogens with zero attached hydrogens (tertiary/aromatic N) is 2. The maximum absolute atomic E-state index is 11.9. The van der Waals surface area contributed by atoms with Crippen molar-refractivity contribution >= 4 is 23.0 Å². The van der Waals surface area contributed by atoms with Crippen LogP contribution in [-0.4, -0.2) is 48.3 Å². The lowest BCUT2D eigenvalue weighted by molar-refractivity contribution is 0.0965. The Balaban J connectivity index is 1.26. The zero-order chi connectivity index (χ0) is 22.4. The van der Waals surface area contributed by atoms with E-state index in [4.69, 9.17) is 0 Å². The maximum Gasteiger partial charge on any atom is 0.251 e. The smallest absolute Gasteiger partial charge is 0.251 e. The molecule has 1 saturated heterocycles. The summed E-state index contributed by atoms with van der Waals surface area (Å²) >= 11 is 0. The van der Waals surface area contributed by atoms with Gasteiger partial charge in [0.15, 0.2) is 0 Å². The number of anilines is 2. The molecule has 1 fully saturated rings. The van der Waals surface area contributed by atoms with Gasteiger partial charge in [0.25, 0.3) is 5.91 Å². The molecule has 1 unspecified atom stereocenters. The van der Waals surface area contributed by atoms with Gasteiger partial charge in [0.1, 0.15) is 11.9 Å². The van der Waals surface area contributed by atoms with Gasteiger partial charge >= 0.3 is 0 Å². The molecule has 5 N–H and O–H groups in total. The number of nitrogens with one attached hydrogen (secondary N) is 4. The van der Waals surface area contributed by atoms with E-state index in [0.717, 1.165) is 65.6 Å². The molecule has 4 aliphatic rings. The van der Waals surface area contributed by atoms with Crippen molar-refractivity contribution < 1.29 is 9.90 Å². The van der Waals surface area contributed by atoms with Crippen LogP contribution in [0.2, 0.25) is 0 Å². The molecule has 1 amide bonds. The minimum Gasteiger partial charge on any atom is -0.506 e. The number of allylic oxidation sites excluding steroid dienone is 2. The van der Waals surface area contributed by atoms with Crippen LogP contribution in [0.4, 0.5) is 11.4 Å². The van der Waals surface area contributed by atoms with Crippen molar-refractivity contribution in [2.75, 3.05) is 36.4 Å². The van der Waals surface area contributed by atoms with Crippen LogP contribution in [0, 0.1) is 0 Å². The van der Waals surface area contributed by atoms with Crippen LogP contribution in [0.3, 0.4) is 0 Å². The van der Waals surface area contributed by atoms with Gasteiger partial charge in [-0.1, -0.05) is 6.07 Å². The van der Waals surface area contributed by atoms with Crippen LogP contribution in [0.25, 0.3) is 5.70 Å². The summed E-state index contributed by atoms with van der Waals surface area (Å²) in [6.07, 6.45) is 8.02. The number of rotatable bonds is 4. The monoisotopic (exact) mass is 442 g/mol. The first-order valence-corrected chi connectivity index (χ1v) is 11.3. The number of fused-ring (bicyclic) bond motifs is 2. The van der Waals surface area contributed by atoms with Gasteiger partial charge in [-0.2, -0.15) is 0 Å². The fraction of sp³-hybridized carbons (Fsp3) is 0.240. The SMILES string of the molecule is O=C1NCc2cc(C3=CC=C(Nc4ccc(N5CCNCC5)c(O)c4)C4NC=CN34)ccc21. The molecule has 8 heteroatoms. The molecule has 0 aliphatic carbocycles. The molecular formula is C25H26N6O2. The Hall–Kier alpha value is -3.91. The Bertz CT molecular complexity index is 1210. The number of benzene rings is 2. The zero-order valence-electron chi connectivity index (χ0n) is 18.1. The van der Waals surface area contributed by atoms with Crippen LogP contribution in [0.15, 0.2) is 66.6 Å². The molecule has 33 heavy (non-hydrogen) atoms. The predicted molar refractivity (Wildman–Crippen MR) is 128 cm³/mol. The molecule has 0 aromatic heterocycles. The molecule has 168 valence electrons. The topological polar surface area (TPSA) is 91.9 Å². The highest BCUT2D eigenvalue weighted by molar-refractivity contribution is 5.98. The number of phenolic OH excluding ortho intramolecular Hbond substituents is 1. The van der Waals surface area contributed by atoms with Gasteiger partial charge in [0, 0.05) is 62.4 Å². The van der Waals surface area contributed by atoms with E-state index in [9.17, 15) is 9.90 Å². The Kier molecular flexibility index (Phi) is 4.73. The number of phenols is 1. The molecule has 2 aromatic rings. The fourth-order valence-electron chi connectivity index (χ4n) is 4.87. The molecule has 0 radical (unpaired) electrons.